The van der Waals surface area contributed by atoms with Crippen molar-refractivity contribution in [3.63, 3.8) is 0 Å². The lowest BCUT2D eigenvalue weighted by atomic mass is 10.4. The van der Waals surface area contributed by atoms with Gasteiger partial charge in [-0.2, -0.15) is 13.2 Å². The first-order chi connectivity index (χ1) is 10.4. The van der Waals surface area contributed by atoms with Gasteiger partial charge in [-0.3, -0.25) is 0 Å². The highest BCUT2D eigenvalue weighted by atomic mass is 31.2. The molecule has 0 unspecified atom stereocenters. The van der Waals surface area contributed by atoms with Crippen LogP contribution in [0.4, 0.5) is 13.2 Å². The summed E-state index contributed by atoms with van der Waals surface area (Å²) in [6.07, 6.45) is -5.73. The highest BCUT2D eigenvalue weighted by molar-refractivity contribution is 7.79. The van der Waals surface area contributed by atoms with E-state index >= 15 is 0 Å². The van der Waals surface area contributed by atoms with Crippen LogP contribution in [-0.2, 0) is 4.57 Å². The Hall–Kier alpha value is -2.07. The Kier molecular flexibility index (Phi) is 4.71. The van der Waals surface area contributed by atoms with E-state index in [0.717, 1.165) is 0 Å². The second-order valence-corrected chi connectivity index (χ2v) is 7.44. The zero-order valence-corrected chi connectivity index (χ0v) is 12.3. The smallest absolute Gasteiger partial charge is 0.411 e. The molecular formula is C15H13F3NO2P. The molecule has 2 aromatic rings. The molecule has 0 aliphatic rings. The SMILES string of the molecule is O=P(C/C(=N\O)C(F)(F)F)(c1ccccc1)c1ccccc1. The molecule has 0 amide bonds. The van der Waals surface area contributed by atoms with Gasteiger partial charge in [0.05, 0.1) is 6.16 Å². The predicted molar refractivity (Wildman–Crippen MR) is 79.9 cm³/mol. The van der Waals surface area contributed by atoms with Gasteiger partial charge >= 0.3 is 6.18 Å². The standard InChI is InChI=1S/C15H13F3NO2P/c16-15(17,18)14(19-20)11-22(21,12-7-3-1-4-8-12)13-9-5-2-6-10-13/h1-10,20H,11H2/b19-14+. The first kappa shape index (κ1) is 16.3. The molecule has 0 saturated carbocycles. The lowest BCUT2D eigenvalue weighted by Gasteiger charge is -2.20. The number of nitrogens with zero attached hydrogens (tertiary/aromatic N) is 1. The van der Waals surface area contributed by atoms with Crippen LogP contribution in [0.3, 0.4) is 0 Å². The van der Waals surface area contributed by atoms with Gasteiger partial charge in [-0.05, 0) is 0 Å². The monoisotopic (exact) mass is 327 g/mol. The molecule has 0 fully saturated rings. The van der Waals surface area contributed by atoms with Crippen molar-refractivity contribution < 1.29 is 22.9 Å². The van der Waals surface area contributed by atoms with E-state index in [4.69, 9.17) is 5.21 Å². The molecule has 2 aromatic carbocycles. The van der Waals surface area contributed by atoms with Crippen molar-refractivity contribution in [1.29, 1.82) is 0 Å². The van der Waals surface area contributed by atoms with Crippen LogP contribution in [0.2, 0.25) is 0 Å². The lowest BCUT2D eigenvalue weighted by Crippen LogP contribution is -2.31. The van der Waals surface area contributed by atoms with Crippen LogP contribution < -0.4 is 10.6 Å². The molecule has 0 aliphatic carbocycles. The molecule has 0 bridgehead atoms. The highest BCUT2D eigenvalue weighted by Gasteiger charge is 2.42. The second-order valence-electron chi connectivity index (χ2n) is 4.61. The maximum absolute atomic E-state index is 13.3. The van der Waals surface area contributed by atoms with Gasteiger partial charge in [0.25, 0.3) is 0 Å². The number of oxime groups is 1. The Labute approximate surface area is 125 Å². The zero-order valence-electron chi connectivity index (χ0n) is 11.4. The fourth-order valence-corrected chi connectivity index (χ4v) is 4.69. The summed E-state index contributed by atoms with van der Waals surface area (Å²) in [7, 11) is -3.60. The van der Waals surface area contributed by atoms with E-state index in [1.165, 1.54) is 24.3 Å². The summed E-state index contributed by atoms with van der Waals surface area (Å²) in [6, 6.07) is 15.8. The van der Waals surface area contributed by atoms with Crippen molar-refractivity contribution in [1.82, 2.24) is 0 Å². The quantitative estimate of drug-likeness (QED) is 0.405. The normalized spacial score (nSPS) is 13.1. The predicted octanol–water partition coefficient (Wildman–Crippen LogP) is 3.39. The molecule has 0 radical (unpaired) electrons. The average molecular weight is 327 g/mol. The number of rotatable bonds is 4. The van der Waals surface area contributed by atoms with Crippen LogP contribution >= 0.6 is 7.14 Å². The van der Waals surface area contributed by atoms with Crippen LogP contribution in [-0.4, -0.2) is 23.3 Å². The van der Waals surface area contributed by atoms with E-state index < -0.39 is 25.2 Å². The van der Waals surface area contributed by atoms with Gasteiger partial charge in [-0.1, -0.05) is 65.8 Å². The fourth-order valence-electron chi connectivity index (χ4n) is 2.06. The second kappa shape index (κ2) is 6.36. The molecular weight excluding hydrogens is 314 g/mol. The number of benzene rings is 2. The van der Waals surface area contributed by atoms with Crippen LogP contribution in [0, 0.1) is 0 Å². The number of halogens is 3. The van der Waals surface area contributed by atoms with Crippen LogP contribution in [0.25, 0.3) is 0 Å². The van der Waals surface area contributed by atoms with Crippen LogP contribution in [0.5, 0.6) is 0 Å². The highest BCUT2D eigenvalue weighted by Crippen LogP contribution is 2.44. The summed E-state index contributed by atoms with van der Waals surface area (Å²) in [4.78, 5) is 0. The van der Waals surface area contributed by atoms with Gasteiger partial charge in [0.1, 0.15) is 7.14 Å². The van der Waals surface area contributed by atoms with Crippen LogP contribution in [0.15, 0.2) is 65.8 Å². The minimum Gasteiger partial charge on any atom is -0.411 e. The van der Waals surface area contributed by atoms with Gasteiger partial charge < -0.3 is 9.77 Å². The third-order valence-electron chi connectivity index (χ3n) is 3.17. The number of hydrogen-bond acceptors (Lipinski definition) is 3. The Morgan fingerprint density at radius 1 is 0.955 bits per heavy atom. The third kappa shape index (κ3) is 3.39. The van der Waals surface area contributed by atoms with Crippen molar-refractivity contribution in [2.45, 2.75) is 6.18 Å². The van der Waals surface area contributed by atoms with Gasteiger partial charge in [-0.25, -0.2) is 0 Å². The van der Waals surface area contributed by atoms with Crippen molar-refractivity contribution in [2.24, 2.45) is 5.16 Å². The van der Waals surface area contributed by atoms with Gasteiger partial charge in [-0.15, -0.1) is 0 Å². The molecule has 0 heterocycles. The van der Waals surface area contributed by atoms with Crippen molar-refractivity contribution in [3.05, 3.63) is 60.7 Å². The van der Waals surface area contributed by atoms with Gasteiger partial charge in [0.2, 0.25) is 0 Å². The number of alkyl halides is 3. The molecule has 0 atom stereocenters. The van der Waals surface area contributed by atoms with Crippen molar-refractivity contribution >= 4 is 23.5 Å². The van der Waals surface area contributed by atoms with Crippen molar-refractivity contribution in [2.75, 3.05) is 6.16 Å². The maximum atomic E-state index is 13.3. The molecule has 0 saturated heterocycles. The fraction of sp³-hybridized carbons (Fsp3) is 0.133. The molecule has 7 heteroatoms. The Morgan fingerprint density at radius 3 is 1.68 bits per heavy atom. The molecule has 22 heavy (non-hydrogen) atoms. The first-order valence-electron chi connectivity index (χ1n) is 6.36. The zero-order chi connectivity index (χ0) is 16.2. The summed E-state index contributed by atoms with van der Waals surface area (Å²) >= 11 is 0. The molecule has 1 N–H and O–H groups in total. The van der Waals surface area contributed by atoms with Crippen LogP contribution in [0.1, 0.15) is 0 Å². The molecule has 2 rings (SSSR count). The van der Waals surface area contributed by atoms with E-state index in [1.807, 2.05) is 0 Å². The van der Waals surface area contributed by atoms with E-state index in [0.29, 0.717) is 0 Å². The molecule has 0 aliphatic heterocycles. The van der Waals surface area contributed by atoms with E-state index in [2.05, 4.69) is 5.16 Å². The molecule has 0 spiro atoms. The summed E-state index contributed by atoms with van der Waals surface area (Å²) in [5.41, 5.74) is -1.46. The topological polar surface area (TPSA) is 49.7 Å². The number of hydrogen-bond donors (Lipinski definition) is 1. The minimum absolute atomic E-state index is 0.284. The summed E-state index contributed by atoms with van der Waals surface area (Å²) in [5.74, 6) is 0. The Morgan fingerprint density at radius 2 is 1.36 bits per heavy atom. The lowest BCUT2D eigenvalue weighted by molar-refractivity contribution is -0.0611. The Bertz CT molecular complexity index is 656. The Balaban J connectivity index is 2.56. The summed E-state index contributed by atoms with van der Waals surface area (Å²) in [5, 5.41) is 11.5. The summed E-state index contributed by atoms with van der Waals surface area (Å²) < 4.78 is 52.0. The largest absolute Gasteiger partial charge is 0.433 e. The van der Waals surface area contributed by atoms with E-state index in [1.54, 1.807) is 36.4 Å². The van der Waals surface area contributed by atoms with E-state index in [-0.39, 0.29) is 10.6 Å². The summed E-state index contributed by atoms with van der Waals surface area (Å²) in [6.45, 7) is 0. The first-order valence-corrected chi connectivity index (χ1v) is 8.25. The molecule has 116 valence electrons. The van der Waals surface area contributed by atoms with E-state index in [9.17, 15) is 17.7 Å². The molecule has 3 nitrogen and oxygen atoms in total. The minimum atomic E-state index is -4.84. The maximum Gasteiger partial charge on any atom is 0.433 e. The van der Waals surface area contributed by atoms with Crippen molar-refractivity contribution in [3.8, 4) is 0 Å². The van der Waals surface area contributed by atoms with Gasteiger partial charge in [0.15, 0.2) is 5.71 Å². The average Bonchev–Trinajstić information content (AvgIpc) is 2.53. The molecule has 0 aromatic heterocycles. The third-order valence-corrected chi connectivity index (χ3v) is 6.18. The van der Waals surface area contributed by atoms with Gasteiger partial charge in [0, 0.05) is 10.6 Å².